The number of hydrogen-bond donors (Lipinski definition) is 1. The number of amides is 1. The molecule has 20 heavy (non-hydrogen) atoms. The van der Waals surface area contributed by atoms with Crippen molar-refractivity contribution >= 4 is 28.1 Å². The fraction of sp³-hybridized carbons (Fsp3) is 0.125. The van der Waals surface area contributed by atoms with E-state index in [-0.39, 0.29) is 11.8 Å². The van der Waals surface area contributed by atoms with Crippen LogP contribution in [-0.4, -0.2) is 12.1 Å². The highest BCUT2D eigenvalue weighted by atomic mass is 79.9. The van der Waals surface area contributed by atoms with Crippen LogP contribution in [0.1, 0.15) is 28.8 Å². The number of benzene rings is 2. The van der Waals surface area contributed by atoms with E-state index in [1.165, 1.54) is 0 Å². The summed E-state index contributed by atoms with van der Waals surface area (Å²) >= 11 is 3.34. The molecule has 3 nitrogen and oxygen atoms in total. The molecular formula is C16H15BrN2O. The molecule has 2 aromatic rings. The Bertz CT molecular complexity index is 611. The van der Waals surface area contributed by atoms with Gasteiger partial charge in [-0.25, -0.2) is 5.43 Å². The van der Waals surface area contributed by atoms with Gasteiger partial charge in [-0.05, 0) is 33.6 Å². The summed E-state index contributed by atoms with van der Waals surface area (Å²) in [5, 5.41) is 4.02. The van der Waals surface area contributed by atoms with Crippen molar-refractivity contribution in [2.45, 2.75) is 12.8 Å². The molecule has 1 amide bonds. The van der Waals surface area contributed by atoms with Gasteiger partial charge in [0, 0.05) is 16.6 Å². The Morgan fingerprint density at radius 2 is 1.80 bits per heavy atom. The van der Waals surface area contributed by atoms with Crippen molar-refractivity contribution in [2.75, 3.05) is 0 Å². The SMILES string of the molecule is CC(C=NNC(=O)c1ccccc1Br)c1ccccc1. The standard InChI is InChI=1S/C16H15BrN2O/c1-12(13-7-3-2-4-8-13)11-18-19-16(20)14-9-5-6-10-15(14)17/h2-12H,1H3,(H,19,20). The van der Waals surface area contributed by atoms with Gasteiger partial charge in [0.2, 0.25) is 0 Å². The molecule has 0 saturated carbocycles. The maximum absolute atomic E-state index is 11.9. The van der Waals surface area contributed by atoms with E-state index in [0.29, 0.717) is 5.56 Å². The van der Waals surface area contributed by atoms with Crippen LogP contribution in [0.15, 0.2) is 64.2 Å². The largest absolute Gasteiger partial charge is 0.272 e. The monoisotopic (exact) mass is 330 g/mol. The molecule has 0 aliphatic carbocycles. The fourth-order valence-corrected chi connectivity index (χ4v) is 2.22. The fourth-order valence-electron chi connectivity index (χ4n) is 1.76. The minimum absolute atomic E-state index is 0.149. The van der Waals surface area contributed by atoms with Gasteiger partial charge >= 0.3 is 0 Å². The Kier molecular flexibility index (Phi) is 5.07. The molecule has 0 heterocycles. The number of hydrazone groups is 1. The van der Waals surface area contributed by atoms with Gasteiger partial charge in [0.25, 0.3) is 5.91 Å². The first kappa shape index (κ1) is 14.5. The first-order chi connectivity index (χ1) is 9.68. The Morgan fingerprint density at radius 1 is 1.15 bits per heavy atom. The minimum atomic E-state index is -0.228. The first-order valence-corrected chi connectivity index (χ1v) is 7.11. The first-order valence-electron chi connectivity index (χ1n) is 6.31. The molecule has 0 radical (unpaired) electrons. The van der Waals surface area contributed by atoms with Gasteiger partial charge in [-0.3, -0.25) is 4.79 Å². The Hall–Kier alpha value is -1.94. The number of carbonyl (C=O) groups is 1. The highest BCUT2D eigenvalue weighted by Gasteiger charge is 2.07. The third kappa shape index (κ3) is 3.78. The number of carbonyl (C=O) groups excluding carboxylic acids is 1. The minimum Gasteiger partial charge on any atom is -0.267 e. The van der Waals surface area contributed by atoms with Gasteiger partial charge in [0.15, 0.2) is 0 Å². The molecule has 0 fully saturated rings. The van der Waals surface area contributed by atoms with Gasteiger partial charge in [0.05, 0.1) is 5.56 Å². The number of halogens is 1. The zero-order valence-corrected chi connectivity index (χ0v) is 12.7. The van der Waals surface area contributed by atoms with Crippen molar-refractivity contribution < 1.29 is 4.79 Å². The summed E-state index contributed by atoms with van der Waals surface area (Å²) in [6, 6.07) is 17.3. The second-order valence-corrected chi connectivity index (χ2v) is 5.25. The summed E-state index contributed by atoms with van der Waals surface area (Å²) < 4.78 is 0.754. The van der Waals surface area contributed by atoms with Crippen molar-refractivity contribution in [3.05, 3.63) is 70.2 Å². The summed E-state index contributed by atoms with van der Waals surface area (Å²) in [5.74, 6) is -0.0790. The molecule has 2 aromatic carbocycles. The van der Waals surface area contributed by atoms with Crippen LogP contribution in [-0.2, 0) is 0 Å². The number of rotatable bonds is 4. The molecule has 0 saturated heterocycles. The van der Waals surface area contributed by atoms with E-state index in [0.717, 1.165) is 10.0 Å². The average molecular weight is 331 g/mol. The molecule has 1 unspecified atom stereocenters. The predicted molar refractivity (Wildman–Crippen MR) is 85.0 cm³/mol. The van der Waals surface area contributed by atoms with E-state index in [9.17, 15) is 4.79 Å². The number of hydrogen-bond acceptors (Lipinski definition) is 2. The second kappa shape index (κ2) is 7.01. The Balaban J connectivity index is 1.97. The molecule has 0 bridgehead atoms. The lowest BCUT2D eigenvalue weighted by Crippen LogP contribution is -2.18. The number of nitrogens with one attached hydrogen (secondary N) is 1. The van der Waals surface area contributed by atoms with Gasteiger partial charge in [-0.1, -0.05) is 49.4 Å². The van der Waals surface area contributed by atoms with Crippen molar-refractivity contribution in [3.8, 4) is 0 Å². The van der Waals surface area contributed by atoms with E-state index in [4.69, 9.17) is 0 Å². The Morgan fingerprint density at radius 3 is 2.50 bits per heavy atom. The van der Waals surface area contributed by atoms with Crippen molar-refractivity contribution in [2.24, 2.45) is 5.10 Å². The van der Waals surface area contributed by atoms with Crippen LogP contribution in [0.2, 0.25) is 0 Å². The molecular weight excluding hydrogens is 316 g/mol. The van der Waals surface area contributed by atoms with E-state index < -0.39 is 0 Å². The summed E-state index contributed by atoms with van der Waals surface area (Å²) in [5.41, 5.74) is 4.27. The molecule has 102 valence electrons. The molecule has 2 rings (SSSR count). The van der Waals surface area contributed by atoms with Crippen molar-refractivity contribution in [1.82, 2.24) is 5.43 Å². The lowest BCUT2D eigenvalue weighted by Gasteiger charge is -2.06. The highest BCUT2D eigenvalue weighted by molar-refractivity contribution is 9.10. The molecule has 1 atom stereocenters. The van der Waals surface area contributed by atoms with Crippen molar-refractivity contribution in [1.29, 1.82) is 0 Å². The van der Waals surface area contributed by atoms with Crippen molar-refractivity contribution in [3.63, 3.8) is 0 Å². The van der Waals surface area contributed by atoms with E-state index in [1.54, 1.807) is 12.3 Å². The zero-order valence-electron chi connectivity index (χ0n) is 11.1. The molecule has 0 aromatic heterocycles. The van der Waals surface area contributed by atoms with Gasteiger partial charge in [0.1, 0.15) is 0 Å². The van der Waals surface area contributed by atoms with Crippen LogP contribution in [0, 0.1) is 0 Å². The zero-order chi connectivity index (χ0) is 14.4. The molecule has 0 aliphatic heterocycles. The molecule has 0 aliphatic rings. The predicted octanol–water partition coefficient (Wildman–Crippen LogP) is 3.97. The van der Waals surface area contributed by atoms with Crippen LogP contribution < -0.4 is 5.43 Å². The second-order valence-electron chi connectivity index (χ2n) is 4.40. The number of nitrogens with zero attached hydrogens (tertiary/aromatic N) is 1. The van der Waals surface area contributed by atoms with Crippen LogP contribution in [0.25, 0.3) is 0 Å². The van der Waals surface area contributed by atoms with Crippen LogP contribution in [0.4, 0.5) is 0 Å². The van der Waals surface area contributed by atoms with Crippen LogP contribution in [0.5, 0.6) is 0 Å². The topological polar surface area (TPSA) is 41.5 Å². The maximum Gasteiger partial charge on any atom is 0.272 e. The highest BCUT2D eigenvalue weighted by Crippen LogP contribution is 2.15. The Labute approximate surface area is 126 Å². The average Bonchev–Trinajstić information content (AvgIpc) is 2.48. The lowest BCUT2D eigenvalue weighted by atomic mass is 10.0. The summed E-state index contributed by atoms with van der Waals surface area (Å²) in [4.78, 5) is 11.9. The lowest BCUT2D eigenvalue weighted by molar-refractivity contribution is 0.0954. The summed E-state index contributed by atoms with van der Waals surface area (Å²) in [7, 11) is 0. The van der Waals surface area contributed by atoms with E-state index in [2.05, 4.69) is 26.5 Å². The van der Waals surface area contributed by atoms with Gasteiger partial charge in [-0.2, -0.15) is 5.10 Å². The summed E-state index contributed by atoms with van der Waals surface area (Å²) in [6.07, 6.45) is 1.73. The van der Waals surface area contributed by atoms with Gasteiger partial charge < -0.3 is 0 Å². The molecule has 0 spiro atoms. The smallest absolute Gasteiger partial charge is 0.267 e. The quantitative estimate of drug-likeness (QED) is 0.668. The van der Waals surface area contributed by atoms with Crippen LogP contribution >= 0.6 is 15.9 Å². The third-order valence-electron chi connectivity index (χ3n) is 2.91. The molecule has 1 N–H and O–H groups in total. The normalized spacial score (nSPS) is 12.3. The summed E-state index contributed by atoms with van der Waals surface area (Å²) in [6.45, 7) is 2.03. The molecule has 4 heteroatoms. The van der Waals surface area contributed by atoms with Crippen LogP contribution in [0.3, 0.4) is 0 Å². The third-order valence-corrected chi connectivity index (χ3v) is 3.60. The van der Waals surface area contributed by atoms with E-state index in [1.807, 2.05) is 55.5 Å². The maximum atomic E-state index is 11.9. The van der Waals surface area contributed by atoms with Gasteiger partial charge in [-0.15, -0.1) is 0 Å². The van der Waals surface area contributed by atoms with E-state index >= 15 is 0 Å².